The van der Waals surface area contributed by atoms with Gasteiger partial charge in [0.2, 0.25) is 5.88 Å². The normalized spacial score (nSPS) is 11.2. The Labute approximate surface area is 187 Å². The van der Waals surface area contributed by atoms with Gasteiger partial charge in [-0.05, 0) is 43.3 Å². The molecule has 0 bridgehead atoms. The highest BCUT2D eigenvalue weighted by atomic mass is 19.2. The monoisotopic (exact) mass is 444 g/mol. The summed E-state index contributed by atoms with van der Waals surface area (Å²) in [6, 6.07) is 18.2. The number of nitrogens with one attached hydrogen (secondary N) is 1. The number of H-pyrrole nitrogens is 1. The van der Waals surface area contributed by atoms with E-state index < -0.39 is 11.6 Å². The lowest BCUT2D eigenvalue weighted by Gasteiger charge is -2.14. The van der Waals surface area contributed by atoms with E-state index in [4.69, 9.17) is 9.47 Å². The fourth-order valence-corrected chi connectivity index (χ4v) is 3.72. The molecule has 0 aliphatic heterocycles. The van der Waals surface area contributed by atoms with E-state index in [0.29, 0.717) is 33.4 Å². The molecule has 1 N–H and O–H groups in total. The minimum atomic E-state index is -0.985. The number of hydrogen-bond acceptors (Lipinski definition) is 4. The molecule has 0 saturated carbocycles. The van der Waals surface area contributed by atoms with Gasteiger partial charge in [0.25, 0.3) is 0 Å². The molecule has 0 aliphatic rings. The van der Waals surface area contributed by atoms with Crippen LogP contribution in [0.1, 0.15) is 5.56 Å². The summed E-state index contributed by atoms with van der Waals surface area (Å²) in [5, 5.41) is 1.33. The minimum Gasteiger partial charge on any atom is -0.497 e. The fourth-order valence-electron chi connectivity index (χ4n) is 3.72. The van der Waals surface area contributed by atoms with Crippen LogP contribution in [0.3, 0.4) is 0 Å². The molecule has 2 heterocycles. The number of para-hydroxylation sites is 1. The summed E-state index contributed by atoms with van der Waals surface area (Å²) in [6.45, 7) is 1.43. The van der Waals surface area contributed by atoms with Crippen LogP contribution in [0.4, 0.5) is 8.78 Å². The van der Waals surface area contributed by atoms with E-state index in [-0.39, 0.29) is 22.6 Å². The molecular weight excluding hydrogens is 426 g/mol. The zero-order chi connectivity index (χ0) is 23.1. The summed E-state index contributed by atoms with van der Waals surface area (Å²) in [5.74, 6) is -1.07. The maximum Gasteiger partial charge on any atom is 0.229 e. The smallest absolute Gasteiger partial charge is 0.229 e. The number of nitrogens with zero attached hydrogens (tertiary/aromatic N) is 1. The number of halogens is 2. The third kappa shape index (κ3) is 3.67. The average Bonchev–Trinajstić information content (AvgIpc) is 2.83. The molecule has 0 spiro atoms. The Morgan fingerprint density at radius 3 is 2.61 bits per heavy atom. The van der Waals surface area contributed by atoms with E-state index in [1.54, 1.807) is 25.3 Å². The van der Waals surface area contributed by atoms with Gasteiger partial charge in [-0.2, -0.15) is 0 Å². The molecule has 5 rings (SSSR count). The van der Waals surface area contributed by atoms with Crippen molar-refractivity contribution in [2.45, 2.75) is 6.92 Å². The Morgan fingerprint density at radius 2 is 1.79 bits per heavy atom. The van der Waals surface area contributed by atoms with Gasteiger partial charge in [-0.3, -0.25) is 4.79 Å². The Hall–Kier alpha value is -4.26. The van der Waals surface area contributed by atoms with Crippen LogP contribution < -0.4 is 14.9 Å². The van der Waals surface area contributed by atoms with Crippen LogP contribution in [-0.2, 0) is 0 Å². The highest BCUT2D eigenvalue weighted by molar-refractivity contribution is 5.88. The third-order valence-electron chi connectivity index (χ3n) is 5.51. The van der Waals surface area contributed by atoms with Crippen LogP contribution in [0.15, 0.2) is 71.5 Å². The fraction of sp³-hybridized carbons (Fsp3) is 0.0769. The average molecular weight is 444 g/mol. The summed E-state index contributed by atoms with van der Waals surface area (Å²) in [6.07, 6.45) is 0. The first-order chi connectivity index (χ1) is 15.9. The largest absolute Gasteiger partial charge is 0.497 e. The Balaban J connectivity index is 1.74. The SMILES string of the molecule is COc1ccc2c(=O)cc(-c3cc4ccccc4nc3Oc3ccc(F)c(F)c3C)[nH]c2c1. The standard InChI is InChI=1S/C26H18F2N2O3/c1-14-24(10-9-19(27)25(14)28)33-26-18(11-15-5-3-4-6-20(15)30-26)22-13-23(31)17-8-7-16(32-2)12-21(17)29-22/h3-13H,1-2H3,(H,29,31). The number of aromatic nitrogens is 2. The van der Waals surface area contributed by atoms with E-state index in [1.807, 2.05) is 30.3 Å². The summed E-state index contributed by atoms with van der Waals surface area (Å²) in [4.78, 5) is 20.7. The van der Waals surface area contributed by atoms with Gasteiger partial charge in [-0.1, -0.05) is 18.2 Å². The lowest BCUT2D eigenvalue weighted by molar-refractivity contribution is 0.415. The van der Waals surface area contributed by atoms with E-state index in [0.717, 1.165) is 11.5 Å². The quantitative estimate of drug-likeness (QED) is 0.362. The van der Waals surface area contributed by atoms with Crippen LogP contribution in [0.2, 0.25) is 0 Å². The van der Waals surface area contributed by atoms with Crippen molar-refractivity contribution in [3.8, 4) is 28.6 Å². The van der Waals surface area contributed by atoms with Crippen molar-refractivity contribution in [1.82, 2.24) is 9.97 Å². The Bertz CT molecular complexity index is 1590. The molecule has 33 heavy (non-hydrogen) atoms. The first-order valence-corrected chi connectivity index (χ1v) is 10.2. The number of ether oxygens (including phenoxy) is 2. The van der Waals surface area contributed by atoms with Gasteiger partial charge >= 0.3 is 0 Å². The van der Waals surface area contributed by atoms with Crippen molar-refractivity contribution < 1.29 is 18.3 Å². The highest BCUT2D eigenvalue weighted by Crippen LogP contribution is 2.36. The summed E-state index contributed by atoms with van der Waals surface area (Å²) in [7, 11) is 1.55. The second-order valence-electron chi connectivity index (χ2n) is 7.58. The van der Waals surface area contributed by atoms with Crippen molar-refractivity contribution in [3.05, 3.63) is 94.2 Å². The highest BCUT2D eigenvalue weighted by Gasteiger charge is 2.17. The van der Waals surface area contributed by atoms with Crippen molar-refractivity contribution in [2.75, 3.05) is 7.11 Å². The van der Waals surface area contributed by atoms with Crippen LogP contribution >= 0.6 is 0 Å². The van der Waals surface area contributed by atoms with Crippen molar-refractivity contribution in [2.24, 2.45) is 0 Å². The second-order valence-corrected chi connectivity index (χ2v) is 7.58. The number of pyridine rings is 2. The minimum absolute atomic E-state index is 0.0210. The predicted octanol–water partition coefficient (Wildman–Crippen LogP) is 6.13. The molecule has 0 saturated heterocycles. The van der Waals surface area contributed by atoms with Gasteiger partial charge < -0.3 is 14.5 Å². The van der Waals surface area contributed by atoms with Crippen LogP contribution in [0.25, 0.3) is 33.1 Å². The summed E-state index contributed by atoms with van der Waals surface area (Å²) in [5.41, 5.74) is 2.03. The van der Waals surface area contributed by atoms with Gasteiger partial charge in [0.1, 0.15) is 11.5 Å². The van der Waals surface area contributed by atoms with Crippen molar-refractivity contribution in [3.63, 3.8) is 0 Å². The Kier molecular flexibility index (Phi) is 5.01. The first-order valence-electron chi connectivity index (χ1n) is 10.2. The topological polar surface area (TPSA) is 64.2 Å². The van der Waals surface area contributed by atoms with Crippen LogP contribution in [-0.4, -0.2) is 17.1 Å². The number of aromatic amines is 1. The molecule has 5 nitrogen and oxygen atoms in total. The van der Waals surface area contributed by atoms with Crippen LogP contribution in [0.5, 0.6) is 17.4 Å². The number of rotatable bonds is 4. The third-order valence-corrected chi connectivity index (χ3v) is 5.51. The molecule has 7 heteroatoms. The molecule has 0 atom stereocenters. The number of fused-ring (bicyclic) bond motifs is 2. The molecule has 164 valence electrons. The van der Waals surface area contributed by atoms with Gasteiger partial charge in [0.15, 0.2) is 17.1 Å². The van der Waals surface area contributed by atoms with Crippen molar-refractivity contribution in [1.29, 1.82) is 0 Å². The summed E-state index contributed by atoms with van der Waals surface area (Å²) >= 11 is 0. The molecule has 5 aromatic rings. The van der Waals surface area contributed by atoms with Gasteiger partial charge in [0, 0.05) is 28.5 Å². The van der Waals surface area contributed by atoms with E-state index >= 15 is 0 Å². The Morgan fingerprint density at radius 1 is 0.970 bits per heavy atom. The maximum absolute atomic E-state index is 14.1. The van der Waals surface area contributed by atoms with E-state index in [1.165, 1.54) is 19.1 Å². The lowest BCUT2D eigenvalue weighted by atomic mass is 10.1. The number of hydrogen-bond donors (Lipinski definition) is 1. The van der Waals surface area contributed by atoms with Gasteiger partial charge in [0.05, 0.1) is 29.4 Å². The van der Waals surface area contributed by atoms with Crippen LogP contribution in [0, 0.1) is 18.6 Å². The van der Waals surface area contributed by atoms with Crippen molar-refractivity contribution >= 4 is 21.8 Å². The molecule has 0 fully saturated rings. The molecule has 3 aromatic carbocycles. The molecule has 0 unspecified atom stereocenters. The summed E-state index contributed by atoms with van der Waals surface area (Å²) < 4.78 is 39.0. The maximum atomic E-state index is 14.1. The molecular formula is C26H18F2N2O3. The van der Waals surface area contributed by atoms with Gasteiger partial charge in [-0.25, -0.2) is 13.8 Å². The number of benzene rings is 3. The second kappa shape index (κ2) is 8.02. The molecule has 0 amide bonds. The lowest BCUT2D eigenvalue weighted by Crippen LogP contribution is -2.04. The molecule has 0 aliphatic carbocycles. The molecule has 0 radical (unpaired) electrons. The van der Waals surface area contributed by atoms with Gasteiger partial charge in [-0.15, -0.1) is 0 Å². The predicted molar refractivity (Wildman–Crippen MR) is 123 cm³/mol. The molecule has 2 aromatic heterocycles. The number of methoxy groups -OCH3 is 1. The van der Waals surface area contributed by atoms with E-state index in [2.05, 4.69) is 9.97 Å². The zero-order valence-electron chi connectivity index (χ0n) is 17.8. The zero-order valence-corrected chi connectivity index (χ0v) is 17.8. The van der Waals surface area contributed by atoms with E-state index in [9.17, 15) is 13.6 Å². The first kappa shape index (κ1) is 20.6.